The van der Waals surface area contributed by atoms with Gasteiger partial charge in [0, 0.05) is 12.3 Å². The highest BCUT2D eigenvalue weighted by molar-refractivity contribution is 5.50. The molecular weight excluding hydrogens is 180 g/mol. The fourth-order valence-electron chi connectivity index (χ4n) is 1.28. The average Bonchev–Trinajstić information content (AvgIpc) is 2.21. The number of ether oxygens (including phenoxy) is 1. The Bertz CT molecular complexity index is 289. The Labute approximate surface area is 83.7 Å². The molecule has 0 spiro atoms. The molecule has 4 heteroatoms. The average molecular weight is 196 g/mol. The Morgan fingerprint density at radius 3 is 2.86 bits per heavy atom. The number of benzene rings is 1. The maximum Gasteiger partial charge on any atom is 0.122 e. The number of nitrogens with one attached hydrogen (secondary N) is 1. The molecule has 0 saturated carbocycles. The van der Waals surface area contributed by atoms with Crippen molar-refractivity contribution in [2.45, 2.75) is 13.3 Å². The third kappa shape index (κ3) is 2.61. The molecule has 14 heavy (non-hydrogen) atoms. The summed E-state index contributed by atoms with van der Waals surface area (Å²) in [5, 5.41) is 8.87. The van der Waals surface area contributed by atoms with Crippen molar-refractivity contribution in [2.24, 2.45) is 5.84 Å². The van der Waals surface area contributed by atoms with Crippen LogP contribution >= 0.6 is 0 Å². The number of anilines is 1. The molecule has 0 heterocycles. The van der Waals surface area contributed by atoms with Crippen LogP contribution in [0.5, 0.6) is 5.75 Å². The molecule has 1 aromatic carbocycles. The number of hydrogen-bond donors (Lipinski definition) is 3. The topological polar surface area (TPSA) is 67.5 Å². The van der Waals surface area contributed by atoms with E-state index in [-0.39, 0.29) is 6.61 Å². The number of hydrogen-bond acceptors (Lipinski definition) is 4. The summed E-state index contributed by atoms with van der Waals surface area (Å²) in [5.41, 5.74) is 4.34. The second-order valence-corrected chi connectivity index (χ2v) is 2.87. The zero-order valence-electron chi connectivity index (χ0n) is 8.29. The molecule has 1 aromatic rings. The lowest BCUT2D eigenvalue weighted by Gasteiger charge is -2.10. The minimum Gasteiger partial charge on any atom is -0.494 e. The summed E-state index contributed by atoms with van der Waals surface area (Å²) in [6.45, 7) is 2.65. The Kier molecular flexibility index (Phi) is 4.22. The quantitative estimate of drug-likeness (QED) is 0.483. The Morgan fingerprint density at radius 1 is 1.50 bits per heavy atom. The number of hydrazine groups is 1. The largest absolute Gasteiger partial charge is 0.494 e. The predicted molar refractivity (Wildman–Crippen MR) is 56.2 cm³/mol. The standard InChI is InChI=1S/C10H16N2O2/c1-2-14-10-4-3-9(12-11)7-8(10)5-6-13/h3-4,7,12-13H,2,5-6,11H2,1H3. The van der Waals surface area contributed by atoms with Crippen LogP contribution in [-0.4, -0.2) is 18.3 Å². The Balaban J connectivity index is 2.91. The second-order valence-electron chi connectivity index (χ2n) is 2.87. The van der Waals surface area contributed by atoms with Gasteiger partial charge in [-0.15, -0.1) is 0 Å². The normalized spacial score (nSPS) is 9.93. The van der Waals surface area contributed by atoms with Gasteiger partial charge in [0.25, 0.3) is 0 Å². The van der Waals surface area contributed by atoms with Crippen LogP contribution in [0.4, 0.5) is 5.69 Å². The van der Waals surface area contributed by atoms with Crippen LogP contribution in [0.25, 0.3) is 0 Å². The fourth-order valence-corrected chi connectivity index (χ4v) is 1.28. The summed E-state index contributed by atoms with van der Waals surface area (Å²) in [6.07, 6.45) is 0.574. The van der Waals surface area contributed by atoms with Crippen molar-refractivity contribution in [1.29, 1.82) is 0 Å². The van der Waals surface area contributed by atoms with Crippen molar-refractivity contribution in [2.75, 3.05) is 18.6 Å². The summed E-state index contributed by atoms with van der Waals surface area (Å²) in [4.78, 5) is 0. The number of nitrogens with two attached hydrogens (primary N) is 1. The van der Waals surface area contributed by atoms with E-state index in [1.807, 2.05) is 25.1 Å². The predicted octanol–water partition coefficient (Wildman–Crippen LogP) is 0.906. The molecule has 78 valence electrons. The van der Waals surface area contributed by atoms with E-state index in [1.54, 1.807) is 0 Å². The SMILES string of the molecule is CCOc1ccc(NN)cc1CCO. The molecule has 4 N–H and O–H groups in total. The lowest BCUT2D eigenvalue weighted by atomic mass is 10.1. The van der Waals surface area contributed by atoms with Gasteiger partial charge in [-0.1, -0.05) is 0 Å². The zero-order chi connectivity index (χ0) is 10.4. The first-order valence-electron chi connectivity index (χ1n) is 4.65. The van der Waals surface area contributed by atoms with E-state index in [4.69, 9.17) is 15.7 Å². The molecule has 0 aromatic heterocycles. The van der Waals surface area contributed by atoms with E-state index in [0.717, 1.165) is 17.0 Å². The molecule has 0 aliphatic rings. The summed E-state index contributed by atoms with van der Waals surface area (Å²) < 4.78 is 5.41. The van der Waals surface area contributed by atoms with E-state index in [1.165, 1.54) is 0 Å². The maximum absolute atomic E-state index is 8.87. The number of aliphatic hydroxyl groups excluding tert-OH is 1. The maximum atomic E-state index is 8.87. The van der Waals surface area contributed by atoms with Crippen LogP contribution in [0, 0.1) is 0 Å². The van der Waals surface area contributed by atoms with Crippen LogP contribution in [0.3, 0.4) is 0 Å². The van der Waals surface area contributed by atoms with Crippen molar-refractivity contribution >= 4 is 5.69 Å². The van der Waals surface area contributed by atoms with Crippen LogP contribution in [-0.2, 0) is 6.42 Å². The highest BCUT2D eigenvalue weighted by Gasteiger charge is 2.03. The molecule has 0 atom stereocenters. The van der Waals surface area contributed by atoms with Crippen molar-refractivity contribution in [3.63, 3.8) is 0 Å². The van der Waals surface area contributed by atoms with Gasteiger partial charge in [0.15, 0.2) is 0 Å². The zero-order valence-corrected chi connectivity index (χ0v) is 8.29. The van der Waals surface area contributed by atoms with Crippen LogP contribution in [0.1, 0.15) is 12.5 Å². The number of aliphatic hydroxyl groups is 1. The lowest BCUT2D eigenvalue weighted by Crippen LogP contribution is -2.08. The van der Waals surface area contributed by atoms with Gasteiger partial charge in [-0.2, -0.15) is 0 Å². The Hall–Kier alpha value is -1.26. The molecule has 1 rings (SSSR count). The molecule has 0 aliphatic heterocycles. The van der Waals surface area contributed by atoms with Crippen LogP contribution in [0.15, 0.2) is 18.2 Å². The summed E-state index contributed by atoms with van der Waals surface area (Å²) in [5.74, 6) is 6.09. The van der Waals surface area contributed by atoms with E-state index in [2.05, 4.69) is 5.43 Å². The highest BCUT2D eigenvalue weighted by Crippen LogP contribution is 2.22. The minimum absolute atomic E-state index is 0.105. The monoisotopic (exact) mass is 196 g/mol. The summed E-state index contributed by atoms with van der Waals surface area (Å²) >= 11 is 0. The smallest absolute Gasteiger partial charge is 0.122 e. The van der Waals surface area contributed by atoms with E-state index in [0.29, 0.717) is 13.0 Å². The first kappa shape index (κ1) is 10.8. The van der Waals surface area contributed by atoms with Crippen LogP contribution in [0.2, 0.25) is 0 Å². The molecule has 0 bridgehead atoms. The van der Waals surface area contributed by atoms with E-state index in [9.17, 15) is 0 Å². The van der Waals surface area contributed by atoms with Gasteiger partial charge >= 0.3 is 0 Å². The third-order valence-electron chi connectivity index (χ3n) is 1.91. The van der Waals surface area contributed by atoms with Gasteiger partial charge in [0.05, 0.1) is 6.61 Å². The first-order valence-corrected chi connectivity index (χ1v) is 4.65. The molecule has 0 unspecified atom stereocenters. The van der Waals surface area contributed by atoms with Gasteiger partial charge in [0.1, 0.15) is 5.75 Å². The fraction of sp³-hybridized carbons (Fsp3) is 0.400. The van der Waals surface area contributed by atoms with E-state index >= 15 is 0 Å². The van der Waals surface area contributed by atoms with Gasteiger partial charge in [-0.3, -0.25) is 5.84 Å². The summed E-state index contributed by atoms with van der Waals surface area (Å²) in [6, 6.07) is 5.57. The number of nitrogen functional groups attached to an aromatic ring is 1. The van der Waals surface area contributed by atoms with Crippen molar-refractivity contribution < 1.29 is 9.84 Å². The third-order valence-corrected chi connectivity index (χ3v) is 1.91. The first-order chi connectivity index (χ1) is 6.81. The van der Waals surface area contributed by atoms with Gasteiger partial charge < -0.3 is 15.3 Å². The summed E-state index contributed by atoms with van der Waals surface area (Å²) in [7, 11) is 0. The second kappa shape index (κ2) is 5.47. The van der Waals surface area contributed by atoms with Gasteiger partial charge in [0.2, 0.25) is 0 Å². The molecule has 0 fully saturated rings. The van der Waals surface area contributed by atoms with Crippen molar-refractivity contribution in [3.05, 3.63) is 23.8 Å². The van der Waals surface area contributed by atoms with Gasteiger partial charge in [-0.25, -0.2) is 0 Å². The molecule has 0 amide bonds. The highest BCUT2D eigenvalue weighted by atomic mass is 16.5. The minimum atomic E-state index is 0.105. The molecular formula is C10H16N2O2. The van der Waals surface area contributed by atoms with Gasteiger partial charge in [-0.05, 0) is 37.1 Å². The van der Waals surface area contributed by atoms with Crippen LogP contribution < -0.4 is 16.0 Å². The van der Waals surface area contributed by atoms with E-state index < -0.39 is 0 Å². The Morgan fingerprint density at radius 2 is 2.29 bits per heavy atom. The molecule has 0 aliphatic carbocycles. The van der Waals surface area contributed by atoms with Crippen molar-refractivity contribution in [3.8, 4) is 5.75 Å². The number of rotatable bonds is 5. The molecule has 0 saturated heterocycles. The lowest BCUT2D eigenvalue weighted by molar-refractivity contribution is 0.292. The van der Waals surface area contributed by atoms with Crippen molar-refractivity contribution in [1.82, 2.24) is 0 Å². The molecule has 4 nitrogen and oxygen atoms in total. The molecule has 0 radical (unpaired) electrons.